The summed E-state index contributed by atoms with van der Waals surface area (Å²) in [6, 6.07) is -0.180. The zero-order chi connectivity index (χ0) is 14.6. The number of hydrogen-bond donors (Lipinski definition) is 1. The van der Waals surface area contributed by atoms with Crippen LogP contribution in [0.25, 0.3) is 0 Å². The van der Waals surface area contributed by atoms with Crippen LogP contribution >= 0.6 is 0 Å². The number of nitrogens with one attached hydrogen (secondary N) is 1. The van der Waals surface area contributed by atoms with E-state index in [1.807, 2.05) is 13.8 Å². The van der Waals surface area contributed by atoms with Crippen molar-refractivity contribution in [3.05, 3.63) is 0 Å². The highest BCUT2D eigenvalue weighted by Crippen LogP contribution is 2.20. The van der Waals surface area contributed by atoms with Gasteiger partial charge >= 0.3 is 5.97 Å². The van der Waals surface area contributed by atoms with E-state index in [9.17, 15) is 14.4 Å². The van der Waals surface area contributed by atoms with Gasteiger partial charge in [0.05, 0.1) is 19.4 Å². The summed E-state index contributed by atoms with van der Waals surface area (Å²) in [7, 11) is 1.31. The fourth-order valence-corrected chi connectivity index (χ4v) is 2.15. The Labute approximate surface area is 113 Å². The molecule has 1 rings (SSSR count). The first-order valence-electron chi connectivity index (χ1n) is 6.51. The van der Waals surface area contributed by atoms with Gasteiger partial charge in [-0.05, 0) is 20.8 Å². The number of ether oxygens (including phenoxy) is 1. The molecule has 108 valence electrons. The number of nitrogens with zero attached hydrogens (tertiary/aromatic N) is 1. The van der Waals surface area contributed by atoms with E-state index in [4.69, 9.17) is 0 Å². The first-order valence-corrected chi connectivity index (χ1v) is 6.51. The number of hydrogen-bond acceptors (Lipinski definition) is 4. The molecule has 1 N–H and O–H groups in total. The third-order valence-corrected chi connectivity index (χ3v) is 3.24. The minimum absolute atomic E-state index is 0.00997. The monoisotopic (exact) mass is 270 g/mol. The van der Waals surface area contributed by atoms with Crippen LogP contribution in [0.15, 0.2) is 0 Å². The van der Waals surface area contributed by atoms with Crippen molar-refractivity contribution in [2.45, 2.75) is 45.7 Å². The molecule has 2 atom stereocenters. The Morgan fingerprint density at radius 3 is 2.53 bits per heavy atom. The quantitative estimate of drug-likeness (QED) is 0.730. The maximum atomic E-state index is 12.0. The zero-order valence-corrected chi connectivity index (χ0v) is 11.9. The van der Waals surface area contributed by atoms with Crippen molar-refractivity contribution < 1.29 is 19.1 Å². The van der Waals surface area contributed by atoms with Crippen LogP contribution in [-0.2, 0) is 19.1 Å². The number of amides is 2. The van der Waals surface area contributed by atoms with Gasteiger partial charge in [-0.1, -0.05) is 0 Å². The van der Waals surface area contributed by atoms with Crippen LogP contribution < -0.4 is 5.32 Å². The van der Waals surface area contributed by atoms with E-state index in [2.05, 4.69) is 10.1 Å². The maximum Gasteiger partial charge on any atom is 0.307 e. The second kappa shape index (κ2) is 6.54. The molecule has 1 saturated heterocycles. The molecule has 2 amide bonds. The minimum atomic E-state index is -0.362. The first-order chi connectivity index (χ1) is 8.85. The number of carbonyl (C=O) groups is 3. The van der Waals surface area contributed by atoms with Crippen LogP contribution in [0.3, 0.4) is 0 Å². The van der Waals surface area contributed by atoms with Gasteiger partial charge < -0.3 is 15.0 Å². The molecule has 0 aliphatic carbocycles. The Kier molecular flexibility index (Phi) is 5.32. The smallest absolute Gasteiger partial charge is 0.307 e. The lowest BCUT2D eigenvalue weighted by Crippen LogP contribution is -2.40. The molecule has 0 aromatic heterocycles. The molecular formula is C13H22N2O4. The molecule has 1 heterocycles. The Hall–Kier alpha value is -1.59. The number of likely N-dealkylation sites (tertiary alicyclic amines) is 1. The molecule has 1 fully saturated rings. The summed E-state index contributed by atoms with van der Waals surface area (Å²) in [5, 5.41) is 2.75. The van der Waals surface area contributed by atoms with Gasteiger partial charge in [0.15, 0.2) is 0 Å². The van der Waals surface area contributed by atoms with Crippen LogP contribution in [0.2, 0.25) is 0 Å². The molecule has 0 aromatic rings. The normalized spacial score (nSPS) is 20.6. The highest BCUT2D eigenvalue weighted by Gasteiger charge is 2.35. The molecular weight excluding hydrogens is 248 g/mol. The van der Waals surface area contributed by atoms with E-state index < -0.39 is 0 Å². The third-order valence-electron chi connectivity index (χ3n) is 3.24. The van der Waals surface area contributed by atoms with Crippen molar-refractivity contribution in [1.29, 1.82) is 0 Å². The molecule has 1 aliphatic rings. The highest BCUT2D eigenvalue weighted by atomic mass is 16.5. The average Bonchev–Trinajstić information content (AvgIpc) is 2.71. The molecule has 0 saturated carbocycles. The Balaban J connectivity index is 2.47. The number of rotatable bonds is 5. The molecule has 0 bridgehead atoms. The molecule has 6 heteroatoms. The molecule has 2 unspecified atom stereocenters. The fourth-order valence-electron chi connectivity index (χ4n) is 2.15. The standard InChI is InChI=1S/C13H22N2O4/c1-8(2)15-7-10(6-11(15)16)13(18)14-9(3)5-12(17)19-4/h8-10H,5-7H2,1-4H3,(H,14,18). The average molecular weight is 270 g/mol. The van der Waals surface area contributed by atoms with E-state index >= 15 is 0 Å². The van der Waals surface area contributed by atoms with E-state index in [0.29, 0.717) is 6.54 Å². The maximum absolute atomic E-state index is 12.0. The van der Waals surface area contributed by atoms with Crippen molar-refractivity contribution >= 4 is 17.8 Å². The van der Waals surface area contributed by atoms with E-state index in [0.717, 1.165) is 0 Å². The minimum Gasteiger partial charge on any atom is -0.469 e. The zero-order valence-electron chi connectivity index (χ0n) is 11.9. The van der Waals surface area contributed by atoms with Crippen molar-refractivity contribution in [2.75, 3.05) is 13.7 Å². The molecule has 19 heavy (non-hydrogen) atoms. The number of esters is 1. The summed E-state index contributed by atoms with van der Waals surface area (Å²) < 4.78 is 4.54. The number of methoxy groups -OCH3 is 1. The summed E-state index contributed by atoms with van der Waals surface area (Å²) in [6.07, 6.45) is 0.381. The SMILES string of the molecule is COC(=O)CC(C)NC(=O)C1CC(=O)N(C(C)C)C1. The lowest BCUT2D eigenvalue weighted by atomic mass is 10.1. The summed E-state index contributed by atoms with van der Waals surface area (Å²) in [5.41, 5.74) is 0. The predicted molar refractivity (Wildman–Crippen MR) is 69.2 cm³/mol. The van der Waals surface area contributed by atoms with Gasteiger partial charge in [0.2, 0.25) is 11.8 Å². The molecule has 1 aliphatic heterocycles. The van der Waals surface area contributed by atoms with Crippen LogP contribution in [0.5, 0.6) is 0 Å². The van der Waals surface area contributed by atoms with Crippen LogP contribution in [0.1, 0.15) is 33.6 Å². The van der Waals surface area contributed by atoms with Gasteiger partial charge in [0.1, 0.15) is 0 Å². The van der Waals surface area contributed by atoms with Crippen molar-refractivity contribution in [1.82, 2.24) is 10.2 Å². The fraction of sp³-hybridized carbons (Fsp3) is 0.769. The second-order valence-electron chi connectivity index (χ2n) is 5.23. The Bertz CT molecular complexity index is 368. The van der Waals surface area contributed by atoms with Crippen LogP contribution in [0, 0.1) is 5.92 Å². The summed E-state index contributed by atoms with van der Waals surface area (Å²) >= 11 is 0. The van der Waals surface area contributed by atoms with Gasteiger partial charge in [-0.3, -0.25) is 14.4 Å². The van der Waals surface area contributed by atoms with Crippen molar-refractivity contribution in [3.63, 3.8) is 0 Å². The molecule has 0 aromatic carbocycles. The van der Waals surface area contributed by atoms with Crippen LogP contribution in [0.4, 0.5) is 0 Å². The summed E-state index contributed by atoms with van der Waals surface area (Å²) in [6.45, 7) is 6.05. The van der Waals surface area contributed by atoms with Gasteiger partial charge in [-0.2, -0.15) is 0 Å². The van der Waals surface area contributed by atoms with E-state index in [-0.39, 0.29) is 48.6 Å². The van der Waals surface area contributed by atoms with Crippen molar-refractivity contribution in [3.8, 4) is 0 Å². The molecule has 0 radical (unpaired) electrons. The summed E-state index contributed by atoms with van der Waals surface area (Å²) in [4.78, 5) is 36.5. The molecule has 0 spiro atoms. The molecule has 6 nitrogen and oxygen atoms in total. The Morgan fingerprint density at radius 1 is 1.42 bits per heavy atom. The third kappa shape index (κ3) is 4.22. The lowest BCUT2D eigenvalue weighted by molar-refractivity contribution is -0.141. The first kappa shape index (κ1) is 15.5. The second-order valence-corrected chi connectivity index (χ2v) is 5.23. The van der Waals surface area contributed by atoms with Crippen LogP contribution in [-0.4, -0.2) is 48.4 Å². The largest absolute Gasteiger partial charge is 0.469 e. The van der Waals surface area contributed by atoms with Gasteiger partial charge in [0, 0.05) is 25.0 Å². The van der Waals surface area contributed by atoms with Gasteiger partial charge in [0.25, 0.3) is 0 Å². The van der Waals surface area contributed by atoms with E-state index in [1.165, 1.54) is 7.11 Å². The summed E-state index contributed by atoms with van der Waals surface area (Å²) in [5.74, 6) is -0.849. The lowest BCUT2D eigenvalue weighted by Gasteiger charge is -2.21. The number of carbonyl (C=O) groups excluding carboxylic acids is 3. The van der Waals surface area contributed by atoms with Crippen molar-refractivity contribution in [2.24, 2.45) is 5.92 Å². The van der Waals surface area contributed by atoms with E-state index in [1.54, 1.807) is 11.8 Å². The van der Waals surface area contributed by atoms with Gasteiger partial charge in [-0.15, -0.1) is 0 Å². The Morgan fingerprint density at radius 2 is 2.05 bits per heavy atom. The highest BCUT2D eigenvalue weighted by molar-refractivity contribution is 5.89. The topological polar surface area (TPSA) is 75.7 Å². The predicted octanol–water partition coefficient (Wildman–Crippen LogP) is 0.311. The van der Waals surface area contributed by atoms with Gasteiger partial charge in [-0.25, -0.2) is 0 Å².